The zero-order valence-electron chi connectivity index (χ0n) is 15.6. The highest BCUT2D eigenvalue weighted by atomic mass is 79.9. The average molecular weight is 461 g/mol. The van der Waals surface area contributed by atoms with E-state index in [1.54, 1.807) is 38.1 Å². The Kier molecular flexibility index (Phi) is 5.38. The van der Waals surface area contributed by atoms with Crippen molar-refractivity contribution in [1.29, 1.82) is 0 Å². The molecule has 3 rings (SSSR count). The van der Waals surface area contributed by atoms with Crippen LogP contribution < -0.4 is 10.6 Å². The molecule has 1 unspecified atom stereocenters. The lowest BCUT2D eigenvalue weighted by Gasteiger charge is -2.23. The Balaban J connectivity index is 1.77. The molecule has 0 aromatic heterocycles. The number of carbonyl (C=O) groups excluding carboxylic acids is 3. The lowest BCUT2D eigenvalue weighted by atomic mass is 9.92. The lowest BCUT2D eigenvalue weighted by molar-refractivity contribution is -0.385. The molecule has 2 aromatic carbocycles. The van der Waals surface area contributed by atoms with Crippen molar-refractivity contribution < 1.29 is 19.3 Å². The van der Waals surface area contributed by atoms with E-state index in [1.165, 1.54) is 18.2 Å². The molecule has 0 radical (unpaired) electrons. The van der Waals surface area contributed by atoms with Gasteiger partial charge in [0.15, 0.2) is 0 Å². The normalized spacial score (nSPS) is 18.5. The fourth-order valence-electron chi connectivity index (χ4n) is 3.12. The number of nitro benzene ring substituents is 1. The van der Waals surface area contributed by atoms with Crippen LogP contribution >= 0.6 is 15.9 Å². The van der Waals surface area contributed by atoms with E-state index in [1.807, 2.05) is 0 Å². The highest BCUT2D eigenvalue weighted by Gasteiger charge is 2.50. The van der Waals surface area contributed by atoms with E-state index in [0.717, 1.165) is 4.90 Å². The van der Waals surface area contributed by atoms with E-state index in [0.29, 0.717) is 15.6 Å². The Morgan fingerprint density at radius 1 is 1.28 bits per heavy atom. The number of rotatable bonds is 5. The summed E-state index contributed by atoms with van der Waals surface area (Å²) in [7, 11) is 0. The predicted octanol–water partition coefficient (Wildman–Crippen LogP) is 3.07. The first kappa shape index (κ1) is 20.5. The Hall–Kier alpha value is -3.27. The number of halogens is 1. The van der Waals surface area contributed by atoms with E-state index in [4.69, 9.17) is 0 Å². The van der Waals surface area contributed by atoms with Crippen LogP contribution in [0.15, 0.2) is 46.9 Å². The maximum Gasteiger partial charge on any atom is 0.325 e. The van der Waals surface area contributed by atoms with Crippen molar-refractivity contribution >= 4 is 45.2 Å². The van der Waals surface area contributed by atoms with E-state index in [-0.39, 0.29) is 11.4 Å². The van der Waals surface area contributed by atoms with Gasteiger partial charge < -0.3 is 10.6 Å². The first-order valence-electron chi connectivity index (χ1n) is 8.57. The highest BCUT2D eigenvalue weighted by molar-refractivity contribution is 9.10. The van der Waals surface area contributed by atoms with Gasteiger partial charge in [0.25, 0.3) is 11.6 Å². The molecule has 10 heteroatoms. The third kappa shape index (κ3) is 3.83. The number of benzene rings is 2. The zero-order valence-corrected chi connectivity index (χ0v) is 17.1. The van der Waals surface area contributed by atoms with Crippen molar-refractivity contribution in [2.24, 2.45) is 0 Å². The fourth-order valence-corrected chi connectivity index (χ4v) is 3.80. The molecule has 1 atom stereocenters. The molecule has 1 fully saturated rings. The summed E-state index contributed by atoms with van der Waals surface area (Å²) in [5.74, 6) is -1.22. The maximum absolute atomic E-state index is 12.9. The molecule has 1 aliphatic heterocycles. The number of urea groups is 1. The van der Waals surface area contributed by atoms with Crippen LogP contribution in [0.25, 0.3) is 0 Å². The van der Waals surface area contributed by atoms with E-state index < -0.39 is 34.9 Å². The van der Waals surface area contributed by atoms with Gasteiger partial charge in [-0.1, -0.05) is 40.2 Å². The van der Waals surface area contributed by atoms with E-state index >= 15 is 0 Å². The summed E-state index contributed by atoms with van der Waals surface area (Å²) in [5, 5.41) is 16.2. The monoisotopic (exact) mass is 460 g/mol. The van der Waals surface area contributed by atoms with Gasteiger partial charge in [0.1, 0.15) is 12.1 Å². The van der Waals surface area contributed by atoms with Crippen molar-refractivity contribution in [3.63, 3.8) is 0 Å². The topological polar surface area (TPSA) is 122 Å². The Labute approximate surface area is 174 Å². The number of nitro groups is 1. The van der Waals surface area contributed by atoms with Gasteiger partial charge in [0, 0.05) is 27.4 Å². The molecule has 1 heterocycles. The number of aryl methyl sites for hydroxylation is 1. The molecule has 1 aliphatic rings. The largest absolute Gasteiger partial charge is 0.325 e. The second kappa shape index (κ2) is 7.63. The van der Waals surface area contributed by atoms with Gasteiger partial charge in [-0.3, -0.25) is 24.6 Å². The smallest absolute Gasteiger partial charge is 0.324 e. The molecule has 2 aromatic rings. The quantitative estimate of drug-likeness (QED) is 0.403. The summed E-state index contributed by atoms with van der Waals surface area (Å²) < 4.78 is 0.648. The van der Waals surface area contributed by atoms with Gasteiger partial charge in [-0.25, -0.2) is 4.79 Å². The van der Waals surface area contributed by atoms with Crippen molar-refractivity contribution in [2.75, 3.05) is 11.9 Å². The van der Waals surface area contributed by atoms with Crippen LogP contribution in [0.3, 0.4) is 0 Å². The molecule has 0 aliphatic carbocycles. The zero-order chi connectivity index (χ0) is 21.3. The van der Waals surface area contributed by atoms with Crippen LogP contribution in [0.1, 0.15) is 18.1 Å². The van der Waals surface area contributed by atoms with Crippen molar-refractivity contribution in [3.05, 3.63) is 68.2 Å². The Morgan fingerprint density at radius 2 is 1.97 bits per heavy atom. The number of nitrogens with zero attached hydrogens (tertiary/aromatic N) is 2. The summed E-state index contributed by atoms with van der Waals surface area (Å²) in [6.45, 7) is 2.63. The Bertz CT molecular complexity index is 1040. The molecular weight excluding hydrogens is 444 g/mol. The lowest BCUT2D eigenvalue weighted by Crippen LogP contribution is -2.42. The Morgan fingerprint density at radius 3 is 2.62 bits per heavy atom. The molecule has 0 bridgehead atoms. The van der Waals surface area contributed by atoms with Crippen LogP contribution in [0.4, 0.5) is 16.2 Å². The van der Waals surface area contributed by atoms with Gasteiger partial charge in [0.05, 0.1) is 4.92 Å². The second-order valence-corrected chi connectivity index (χ2v) is 7.59. The summed E-state index contributed by atoms with van der Waals surface area (Å²) >= 11 is 3.37. The molecule has 0 spiro atoms. The van der Waals surface area contributed by atoms with E-state index in [2.05, 4.69) is 26.6 Å². The van der Waals surface area contributed by atoms with Crippen LogP contribution in [-0.2, 0) is 15.1 Å². The molecule has 4 amide bonds. The van der Waals surface area contributed by atoms with Gasteiger partial charge in [-0.2, -0.15) is 0 Å². The minimum atomic E-state index is -1.32. The SMILES string of the molecule is Cc1ccc(NC(=O)CN2C(=O)NC(C)(c3ccccc3Br)C2=O)cc1[N+](=O)[O-]. The molecule has 9 nitrogen and oxygen atoms in total. The molecule has 150 valence electrons. The highest BCUT2D eigenvalue weighted by Crippen LogP contribution is 2.33. The van der Waals surface area contributed by atoms with Crippen molar-refractivity contribution in [3.8, 4) is 0 Å². The molecule has 1 saturated heterocycles. The van der Waals surface area contributed by atoms with Gasteiger partial charge in [0.2, 0.25) is 5.91 Å². The summed E-state index contributed by atoms with van der Waals surface area (Å²) in [4.78, 5) is 49.0. The van der Waals surface area contributed by atoms with Crippen molar-refractivity contribution in [2.45, 2.75) is 19.4 Å². The molecular formula is C19H17BrN4O5. The van der Waals surface area contributed by atoms with Crippen LogP contribution in [0.2, 0.25) is 0 Å². The van der Waals surface area contributed by atoms with Crippen LogP contribution in [-0.4, -0.2) is 34.2 Å². The molecule has 29 heavy (non-hydrogen) atoms. The minimum Gasteiger partial charge on any atom is -0.324 e. The summed E-state index contributed by atoms with van der Waals surface area (Å²) in [6.07, 6.45) is 0. The van der Waals surface area contributed by atoms with Gasteiger partial charge in [-0.05, 0) is 26.0 Å². The maximum atomic E-state index is 12.9. The number of nitrogens with one attached hydrogen (secondary N) is 2. The molecule has 0 saturated carbocycles. The number of hydrogen-bond donors (Lipinski definition) is 2. The predicted molar refractivity (Wildman–Crippen MR) is 108 cm³/mol. The van der Waals surface area contributed by atoms with Crippen LogP contribution in [0.5, 0.6) is 0 Å². The van der Waals surface area contributed by atoms with Crippen LogP contribution in [0, 0.1) is 17.0 Å². The average Bonchev–Trinajstić information content (AvgIpc) is 2.87. The third-order valence-corrected chi connectivity index (χ3v) is 5.37. The van der Waals surface area contributed by atoms with E-state index in [9.17, 15) is 24.5 Å². The number of carbonyl (C=O) groups is 3. The second-order valence-electron chi connectivity index (χ2n) is 6.73. The van der Waals surface area contributed by atoms with Crippen molar-refractivity contribution in [1.82, 2.24) is 10.2 Å². The van der Waals surface area contributed by atoms with Gasteiger partial charge >= 0.3 is 6.03 Å². The number of hydrogen-bond acceptors (Lipinski definition) is 5. The fraction of sp³-hybridized carbons (Fsp3) is 0.211. The van der Waals surface area contributed by atoms with Gasteiger partial charge in [-0.15, -0.1) is 0 Å². The first-order chi connectivity index (χ1) is 13.6. The first-order valence-corrected chi connectivity index (χ1v) is 9.37. The number of amides is 4. The number of anilines is 1. The number of imide groups is 1. The summed E-state index contributed by atoms with van der Waals surface area (Å²) in [5.41, 5.74) is -0.242. The minimum absolute atomic E-state index is 0.140. The molecule has 2 N–H and O–H groups in total. The summed E-state index contributed by atoms with van der Waals surface area (Å²) in [6, 6.07) is 10.5. The third-order valence-electron chi connectivity index (χ3n) is 4.68. The standard InChI is InChI=1S/C19H17BrN4O5/c1-11-7-8-12(9-15(11)24(28)29)21-16(25)10-23-17(26)19(2,22-18(23)27)13-5-3-4-6-14(13)20/h3-9H,10H2,1-2H3,(H,21,25)(H,22,27).